The fourth-order valence-electron chi connectivity index (χ4n) is 5.12. The summed E-state index contributed by atoms with van der Waals surface area (Å²) in [6.45, 7) is 4.12. The van der Waals surface area contributed by atoms with Gasteiger partial charge in [0.2, 0.25) is 5.78 Å². The molecule has 4 aromatic carbocycles. The topological polar surface area (TPSA) is 38.8 Å². The van der Waals surface area contributed by atoms with Gasteiger partial charge in [0.05, 0.1) is 11.1 Å². The third-order valence-corrected chi connectivity index (χ3v) is 7.09. The van der Waals surface area contributed by atoms with Crippen LogP contribution in [0.3, 0.4) is 0 Å². The molecule has 184 valence electrons. The van der Waals surface area contributed by atoms with Crippen molar-refractivity contribution in [3.63, 3.8) is 0 Å². The van der Waals surface area contributed by atoms with Crippen molar-refractivity contribution in [1.29, 1.82) is 0 Å². The van der Waals surface area contributed by atoms with Crippen LogP contribution < -0.4 is 9.47 Å². The number of nitrogens with zero attached hydrogens (tertiary/aromatic N) is 1. The predicted octanol–water partition coefficient (Wildman–Crippen LogP) is 7.06. The van der Waals surface area contributed by atoms with Crippen LogP contribution in [0, 0.1) is 6.92 Å². The van der Waals surface area contributed by atoms with E-state index in [1.807, 2.05) is 55.5 Å². The normalized spacial score (nSPS) is 15.7. The highest BCUT2D eigenvalue weighted by Gasteiger charge is 2.35. The van der Waals surface area contributed by atoms with Crippen molar-refractivity contribution >= 4 is 11.9 Å². The molecule has 0 N–H and O–H groups in total. The van der Waals surface area contributed by atoms with Gasteiger partial charge >= 0.3 is 0 Å². The van der Waals surface area contributed by atoms with Gasteiger partial charge in [0, 0.05) is 13.1 Å². The predicted molar refractivity (Wildman–Crippen MR) is 147 cm³/mol. The first kappa shape index (κ1) is 23.3. The van der Waals surface area contributed by atoms with E-state index in [2.05, 4.69) is 53.4 Å². The zero-order chi connectivity index (χ0) is 25.2. The summed E-state index contributed by atoms with van der Waals surface area (Å²) < 4.78 is 12.3. The average Bonchev–Trinajstić information content (AvgIpc) is 3.27. The third kappa shape index (κ3) is 4.81. The molecule has 2 aliphatic heterocycles. The summed E-state index contributed by atoms with van der Waals surface area (Å²) in [6.07, 6.45) is 3.91. The summed E-state index contributed by atoms with van der Waals surface area (Å²) in [4.78, 5) is 15.6. The molecule has 0 bridgehead atoms. The van der Waals surface area contributed by atoms with Crippen LogP contribution in [0.5, 0.6) is 11.5 Å². The van der Waals surface area contributed by atoms with Crippen molar-refractivity contribution in [3.05, 3.63) is 125 Å². The van der Waals surface area contributed by atoms with Gasteiger partial charge in [-0.2, -0.15) is 0 Å². The molecule has 0 amide bonds. The first-order valence-corrected chi connectivity index (χ1v) is 12.8. The number of hydrogen-bond donors (Lipinski definition) is 0. The number of Topliss-reactive ketones (excluding diaryl/α,β-unsaturated/α-hetero) is 1. The van der Waals surface area contributed by atoms with Crippen molar-refractivity contribution in [2.24, 2.45) is 0 Å². The molecule has 0 unspecified atom stereocenters. The van der Waals surface area contributed by atoms with Gasteiger partial charge in [0.15, 0.2) is 5.76 Å². The van der Waals surface area contributed by atoms with E-state index < -0.39 is 0 Å². The van der Waals surface area contributed by atoms with Crippen molar-refractivity contribution in [1.82, 2.24) is 4.90 Å². The Bertz CT molecular complexity index is 1460. The van der Waals surface area contributed by atoms with E-state index in [0.29, 0.717) is 30.3 Å². The van der Waals surface area contributed by atoms with Crippen LogP contribution >= 0.6 is 0 Å². The molecule has 0 spiro atoms. The summed E-state index contributed by atoms with van der Waals surface area (Å²) in [5, 5.41) is 0. The molecule has 0 aromatic heterocycles. The lowest BCUT2D eigenvalue weighted by molar-refractivity contribution is 0.0928. The maximum absolute atomic E-state index is 13.4. The first-order chi connectivity index (χ1) is 18.2. The summed E-state index contributed by atoms with van der Waals surface area (Å²) in [7, 11) is 0. The van der Waals surface area contributed by atoms with Gasteiger partial charge in [-0.15, -0.1) is 0 Å². The number of benzene rings is 4. The van der Waals surface area contributed by atoms with Crippen molar-refractivity contribution < 1.29 is 14.3 Å². The molecule has 4 nitrogen and oxygen atoms in total. The zero-order valence-electron chi connectivity index (χ0n) is 20.9. The Morgan fingerprint density at radius 2 is 1.59 bits per heavy atom. The van der Waals surface area contributed by atoms with Gasteiger partial charge in [0.25, 0.3) is 0 Å². The van der Waals surface area contributed by atoms with Crippen molar-refractivity contribution in [2.45, 2.75) is 26.3 Å². The maximum atomic E-state index is 13.4. The van der Waals surface area contributed by atoms with E-state index in [4.69, 9.17) is 9.47 Å². The summed E-state index contributed by atoms with van der Waals surface area (Å²) >= 11 is 0. The summed E-state index contributed by atoms with van der Waals surface area (Å²) in [5.74, 6) is 1.76. The highest BCUT2D eigenvalue weighted by atomic mass is 16.5. The molecular formula is C33H29NO3. The van der Waals surface area contributed by atoms with E-state index in [-0.39, 0.29) is 5.78 Å². The van der Waals surface area contributed by atoms with Gasteiger partial charge in [0.1, 0.15) is 18.2 Å². The van der Waals surface area contributed by atoms with Crippen LogP contribution in [0.25, 0.3) is 17.2 Å². The zero-order valence-corrected chi connectivity index (χ0v) is 20.9. The number of fused-ring (bicyclic) bond motifs is 3. The highest BCUT2D eigenvalue weighted by Crippen LogP contribution is 2.44. The van der Waals surface area contributed by atoms with Gasteiger partial charge in [-0.3, -0.25) is 9.69 Å². The number of aryl methyl sites for hydroxylation is 2. The Morgan fingerprint density at radius 1 is 0.892 bits per heavy atom. The molecule has 0 saturated carbocycles. The molecule has 6 rings (SSSR count). The second kappa shape index (κ2) is 10.1. The molecule has 2 aliphatic rings. The SMILES string of the molecule is Cc1cc2c(c3c1C(=O)/C(=C/c1ccc(-c4ccccc4)cc1)O3)CN(CCCc1ccccc1)CO2. The highest BCUT2D eigenvalue weighted by molar-refractivity contribution is 6.15. The lowest BCUT2D eigenvalue weighted by Crippen LogP contribution is -2.33. The minimum absolute atomic E-state index is 0.0661. The van der Waals surface area contributed by atoms with Crippen LogP contribution in [-0.2, 0) is 13.0 Å². The van der Waals surface area contributed by atoms with Gasteiger partial charge < -0.3 is 9.47 Å². The molecule has 2 heterocycles. The number of carbonyl (C=O) groups excluding carboxylic acids is 1. The van der Waals surface area contributed by atoms with E-state index in [1.165, 1.54) is 5.56 Å². The Kier molecular flexibility index (Phi) is 6.33. The fraction of sp³-hybridized carbons (Fsp3) is 0.182. The smallest absolute Gasteiger partial charge is 0.232 e. The van der Waals surface area contributed by atoms with Crippen LogP contribution in [0.2, 0.25) is 0 Å². The van der Waals surface area contributed by atoms with Gasteiger partial charge in [-0.25, -0.2) is 0 Å². The van der Waals surface area contributed by atoms with E-state index in [1.54, 1.807) is 0 Å². The maximum Gasteiger partial charge on any atom is 0.232 e. The molecule has 4 heteroatoms. The Hall–Kier alpha value is -4.15. The molecule has 0 atom stereocenters. The Balaban J connectivity index is 1.20. The molecule has 4 aromatic rings. The van der Waals surface area contributed by atoms with Crippen LogP contribution in [0.15, 0.2) is 96.8 Å². The first-order valence-electron chi connectivity index (χ1n) is 12.8. The Morgan fingerprint density at radius 3 is 2.35 bits per heavy atom. The molecule has 0 fully saturated rings. The number of carbonyl (C=O) groups is 1. The van der Waals surface area contributed by atoms with Crippen LogP contribution in [-0.4, -0.2) is 24.0 Å². The van der Waals surface area contributed by atoms with Gasteiger partial charge in [-0.1, -0.05) is 84.9 Å². The minimum atomic E-state index is -0.0661. The monoisotopic (exact) mass is 487 g/mol. The Labute approximate surface area is 217 Å². The summed E-state index contributed by atoms with van der Waals surface area (Å²) in [6, 6.07) is 31.0. The van der Waals surface area contributed by atoms with E-state index in [9.17, 15) is 4.79 Å². The number of ether oxygens (including phenoxy) is 2. The molecule has 0 radical (unpaired) electrons. The molecular weight excluding hydrogens is 458 g/mol. The van der Waals surface area contributed by atoms with E-state index >= 15 is 0 Å². The standard InChI is InChI=1S/C33H29NO3/c1-23-19-29-28(21-34(22-36-29)18-8-11-24-9-4-2-5-10-24)33-31(23)32(35)30(37-33)20-25-14-16-27(17-15-25)26-12-6-3-7-13-26/h2-7,9-10,12-17,19-20H,8,11,18,21-22H2,1H3/b30-20-. The number of hydrogen-bond acceptors (Lipinski definition) is 4. The average molecular weight is 488 g/mol. The lowest BCUT2D eigenvalue weighted by Gasteiger charge is -2.30. The van der Waals surface area contributed by atoms with Gasteiger partial charge in [-0.05, 0) is 59.7 Å². The minimum Gasteiger partial charge on any atom is -0.478 e. The number of allylic oxidation sites excluding steroid dienone is 1. The molecule has 0 aliphatic carbocycles. The largest absolute Gasteiger partial charge is 0.478 e. The lowest BCUT2D eigenvalue weighted by atomic mass is 9.98. The fourth-order valence-corrected chi connectivity index (χ4v) is 5.12. The van der Waals surface area contributed by atoms with Crippen molar-refractivity contribution in [2.75, 3.05) is 13.3 Å². The van der Waals surface area contributed by atoms with Crippen LogP contribution in [0.4, 0.5) is 0 Å². The quantitative estimate of drug-likeness (QED) is 0.273. The number of rotatable bonds is 6. The van der Waals surface area contributed by atoms with Crippen molar-refractivity contribution in [3.8, 4) is 22.6 Å². The van der Waals surface area contributed by atoms with E-state index in [0.717, 1.165) is 53.0 Å². The third-order valence-electron chi connectivity index (χ3n) is 7.09. The second-order valence-corrected chi connectivity index (χ2v) is 9.72. The number of ketones is 1. The summed E-state index contributed by atoms with van der Waals surface area (Å²) in [5.41, 5.74) is 7.08. The van der Waals surface area contributed by atoms with Crippen LogP contribution in [0.1, 0.15) is 39.0 Å². The second-order valence-electron chi connectivity index (χ2n) is 9.72. The molecule has 0 saturated heterocycles. The molecule has 37 heavy (non-hydrogen) atoms.